The van der Waals surface area contributed by atoms with Crippen LogP contribution in [0.5, 0.6) is 0 Å². The van der Waals surface area contributed by atoms with E-state index in [-0.39, 0.29) is 5.60 Å². The van der Waals surface area contributed by atoms with Gasteiger partial charge in [-0.15, -0.1) is 0 Å². The second kappa shape index (κ2) is 7.02. The lowest BCUT2D eigenvalue weighted by Gasteiger charge is -2.28. The van der Waals surface area contributed by atoms with Crippen molar-refractivity contribution in [2.45, 2.75) is 25.4 Å². The number of pyridine rings is 1. The number of aromatic nitrogens is 3. The highest BCUT2D eigenvalue weighted by Gasteiger charge is 2.35. The van der Waals surface area contributed by atoms with Gasteiger partial charge in [0, 0.05) is 32.5 Å². The minimum atomic E-state index is -0.265. The van der Waals surface area contributed by atoms with E-state index in [9.17, 15) is 0 Å². The minimum absolute atomic E-state index is 0.265. The Labute approximate surface area is 136 Å². The zero-order chi connectivity index (χ0) is 16.1. The first-order valence-corrected chi connectivity index (χ1v) is 7.85. The van der Waals surface area contributed by atoms with Gasteiger partial charge < -0.3 is 14.8 Å². The highest BCUT2D eigenvalue weighted by atomic mass is 16.5. The van der Waals surface area contributed by atoms with Crippen LogP contribution in [-0.2, 0) is 9.47 Å². The smallest absolute Gasteiger partial charge is 0.130 e. The third-order valence-corrected chi connectivity index (χ3v) is 3.95. The Morgan fingerprint density at radius 3 is 2.91 bits per heavy atom. The molecule has 6 nitrogen and oxygen atoms in total. The summed E-state index contributed by atoms with van der Waals surface area (Å²) in [6.45, 7) is 3.91. The number of rotatable bonds is 6. The zero-order valence-electron chi connectivity index (χ0n) is 13.6. The number of nitrogens with one attached hydrogen (secondary N) is 1. The van der Waals surface area contributed by atoms with Crippen LogP contribution in [0.1, 0.15) is 18.7 Å². The molecule has 3 heterocycles. The van der Waals surface area contributed by atoms with E-state index in [2.05, 4.69) is 20.3 Å². The molecule has 1 atom stereocenters. The first-order valence-electron chi connectivity index (χ1n) is 7.85. The summed E-state index contributed by atoms with van der Waals surface area (Å²) in [5.41, 5.74) is 1.39. The van der Waals surface area contributed by atoms with Crippen molar-refractivity contribution in [3.8, 4) is 11.4 Å². The summed E-state index contributed by atoms with van der Waals surface area (Å²) < 4.78 is 11.2. The number of hydrogen-bond acceptors (Lipinski definition) is 6. The average Bonchev–Trinajstić information content (AvgIpc) is 3.03. The molecule has 3 rings (SSSR count). The molecule has 0 amide bonds. The first kappa shape index (κ1) is 15.8. The molecule has 0 spiro atoms. The number of aryl methyl sites for hydroxylation is 1. The van der Waals surface area contributed by atoms with Crippen molar-refractivity contribution < 1.29 is 9.47 Å². The zero-order valence-corrected chi connectivity index (χ0v) is 13.6. The van der Waals surface area contributed by atoms with Gasteiger partial charge >= 0.3 is 0 Å². The van der Waals surface area contributed by atoms with E-state index < -0.39 is 0 Å². The van der Waals surface area contributed by atoms with Crippen molar-refractivity contribution in [2.75, 3.05) is 32.2 Å². The molecule has 1 unspecified atom stereocenters. The van der Waals surface area contributed by atoms with Gasteiger partial charge in [0.05, 0.1) is 18.0 Å². The molecule has 1 aliphatic heterocycles. The molecule has 23 heavy (non-hydrogen) atoms. The first-order chi connectivity index (χ1) is 11.2. The van der Waals surface area contributed by atoms with Gasteiger partial charge in [-0.2, -0.15) is 0 Å². The van der Waals surface area contributed by atoms with E-state index in [1.54, 1.807) is 13.3 Å². The number of methoxy groups -OCH3 is 1. The van der Waals surface area contributed by atoms with Crippen LogP contribution in [0.3, 0.4) is 0 Å². The van der Waals surface area contributed by atoms with E-state index in [0.29, 0.717) is 19.0 Å². The molecule has 1 N–H and O–H groups in total. The molecular formula is C17H22N4O2. The maximum Gasteiger partial charge on any atom is 0.130 e. The number of ether oxygens (including phenoxy) is 2. The summed E-state index contributed by atoms with van der Waals surface area (Å²) in [4.78, 5) is 13.3. The Kier molecular flexibility index (Phi) is 4.83. The molecule has 0 aliphatic carbocycles. The van der Waals surface area contributed by atoms with E-state index in [4.69, 9.17) is 9.47 Å². The predicted molar refractivity (Wildman–Crippen MR) is 88.3 cm³/mol. The summed E-state index contributed by atoms with van der Waals surface area (Å²) in [5.74, 6) is 1.49. The van der Waals surface area contributed by atoms with Gasteiger partial charge in [-0.25, -0.2) is 9.97 Å². The van der Waals surface area contributed by atoms with Crippen molar-refractivity contribution in [2.24, 2.45) is 0 Å². The summed E-state index contributed by atoms with van der Waals surface area (Å²) in [7, 11) is 1.71. The molecule has 1 fully saturated rings. The van der Waals surface area contributed by atoms with E-state index in [1.807, 2.05) is 31.2 Å². The van der Waals surface area contributed by atoms with Crippen LogP contribution in [0.25, 0.3) is 11.4 Å². The van der Waals surface area contributed by atoms with Gasteiger partial charge in [-0.05, 0) is 31.9 Å². The van der Waals surface area contributed by atoms with Crippen LogP contribution in [0, 0.1) is 6.92 Å². The molecule has 6 heteroatoms. The number of nitrogens with zero attached hydrogens (tertiary/aromatic N) is 3. The van der Waals surface area contributed by atoms with E-state index in [0.717, 1.165) is 36.7 Å². The molecular weight excluding hydrogens is 292 g/mol. The third-order valence-electron chi connectivity index (χ3n) is 3.95. The van der Waals surface area contributed by atoms with Crippen molar-refractivity contribution in [3.63, 3.8) is 0 Å². The summed E-state index contributed by atoms with van der Waals surface area (Å²) in [6.07, 6.45) is 3.82. The van der Waals surface area contributed by atoms with Gasteiger partial charge in [0.1, 0.15) is 17.2 Å². The lowest BCUT2D eigenvalue weighted by Crippen LogP contribution is -2.41. The normalized spacial score (nSPS) is 20.6. The summed E-state index contributed by atoms with van der Waals surface area (Å²) in [6, 6.07) is 7.71. The highest BCUT2D eigenvalue weighted by molar-refractivity contribution is 5.58. The van der Waals surface area contributed by atoms with Crippen LogP contribution >= 0.6 is 0 Å². The van der Waals surface area contributed by atoms with Crippen molar-refractivity contribution >= 4 is 5.82 Å². The second-order valence-electron chi connectivity index (χ2n) is 5.82. The Hall–Kier alpha value is -2.05. The second-order valence-corrected chi connectivity index (χ2v) is 5.82. The molecule has 0 aromatic carbocycles. The van der Waals surface area contributed by atoms with Crippen LogP contribution in [0.4, 0.5) is 5.82 Å². The van der Waals surface area contributed by atoms with E-state index >= 15 is 0 Å². The van der Waals surface area contributed by atoms with Crippen LogP contribution in [-0.4, -0.2) is 47.4 Å². The molecule has 2 aromatic rings. The van der Waals surface area contributed by atoms with Crippen molar-refractivity contribution in [3.05, 3.63) is 36.3 Å². The summed E-state index contributed by atoms with van der Waals surface area (Å²) >= 11 is 0. The number of hydrogen-bond donors (Lipinski definition) is 1. The largest absolute Gasteiger partial charge is 0.382 e. The molecule has 122 valence electrons. The predicted octanol–water partition coefficient (Wildman–Crippen LogP) is 2.45. The van der Waals surface area contributed by atoms with Gasteiger partial charge in [-0.1, -0.05) is 6.07 Å². The Bertz CT molecular complexity index is 642. The van der Waals surface area contributed by atoms with Gasteiger partial charge in [0.15, 0.2) is 0 Å². The van der Waals surface area contributed by atoms with Crippen molar-refractivity contribution in [1.82, 2.24) is 15.0 Å². The lowest BCUT2D eigenvalue weighted by molar-refractivity contribution is -0.0417. The van der Waals surface area contributed by atoms with Gasteiger partial charge in [0.2, 0.25) is 0 Å². The maximum absolute atomic E-state index is 5.90. The lowest BCUT2D eigenvalue weighted by atomic mass is 10.0. The van der Waals surface area contributed by atoms with Gasteiger partial charge in [-0.3, -0.25) is 4.98 Å². The third kappa shape index (κ3) is 3.83. The Morgan fingerprint density at radius 2 is 2.22 bits per heavy atom. The molecule has 2 aromatic heterocycles. The molecule has 0 saturated carbocycles. The fourth-order valence-corrected chi connectivity index (χ4v) is 2.88. The Balaban J connectivity index is 1.77. The fraction of sp³-hybridized carbons (Fsp3) is 0.471. The summed E-state index contributed by atoms with van der Waals surface area (Å²) in [5, 5.41) is 3.38. The fourth-order valence-electron chi connectivity index (χ4n) is 2.88. The minimum Gasteiger partial charge on any atom is -0.382 e. The number of anilines is 1. The van der Waals surface area contributed by atoms with E-state index in [1.165, 1.54) is 0 Å². The monoisotopic (exact) mass is 314 g/mol. The van der Waals surface area contributed by atoms with Crippen LogP contribution < -0.4 is 5.32 Å². The van der Waals surface area contributed by atoms with Crippen molar-refractivity contribution in [1.29, 1.82) is 0 Å². The standard InChI is InChI=1S/C17H22N4O2/c1-13-20-15(14-6-3-4-8-18-14)10-16(21-13)19-11-17(12-22-2)7-5-9-23-17/h3-4,6,8,10H,5,7,9,11-12H2,1-2H3,(H,19,20,21). The molecule has 0 radical (unpaired) electrons. The Morgan fingerprint density at radius 1 is 1.30 bits per heavy atom. The van der Waals surface area contributed by atoms with Gasteiger partial charge in [0.25, 0.3) is 0 Å². The van der Waals surface area contributed by atoms with Crippen LogP contribution in [0.2, 0.25) is 0 Å². The molecule has 0 bridgehead atoms. The van der Waals surface area contributed by atoms with Crippen LogP contribution in [0.15, 0.2) is 30.5 Å². The highest BCUT2D eigenvalue weighted by Crippen LogP contribution is 2.27. The molecule has 1 aliphatic rings. The topological polar surface area (TPSA) is 69.2 Å². The SMILES string of the molecule is COCC1(CNc2cc(-c3ccccn3)nc(C)n2)CCCO1. The quantitative estimate of drug-likeness (QED) is 0.883. The average molecular weight is 314 g/mol. The maximum atomic E-state index is 5.90. The molecule has 1 saturated heterocycles.